The molecule has 0 saturated carbocycles. The van der Waals surface area contributed by atoms with E-state index < -0.39 is 4.92 Å². The summed E-state index contributed by atoms with van der Waals surface area (Å²) in [4.78, 5) is 21.9. The number of carbonyl (C=O) groups excluding carboxylic acids is 1. The number of hydrogen-bond acceptors (Lipinski definition) is 5. The van der Waals surface area contributed by atoms with Crippen LogP contribution in [-0.4, -0.2) is 36.9 Å². The summed E-state index contributed by atoms with van der Waals surface area (Å²) in [5, 5.41) is 21.4. The molecule has 0 aromatic carbocycles. The van der Waals surface area contributed by atoms with Crippen LogP contribution < -0.4 is 5.32 Å². The summed E-state index contributed by atoms with van der Waals surface area (Å²) < 4.78 is 3.06. The number of nitro groups is 1. The van der Waals surface area contributed by atoms with Crippen molar-refractivity contribution in [3.63, 3.8) is 0 Å². The van der Waals surface area contributed by atoms with Gasteiger partial charge in [-0.25, -0.2) is 0 Å². The first kappa shape index (κ1) is 14.7. The molecule has 0 bridgehead atoms. The van der Waals surface area contributed by atoms with Crippen molar-refractivity contribution in [1.29, 1.82) is 0 Å². The molecule has 2 rings (SSSR count). The first-order valence-electron chi connectivity index (χ1n) is 6.49. The highest BCUT2D eigenvalue weighted by atomic mass is 16.6. The van der Waals surface area contributed by atoms with Crippen LogP contribution in [0.25, 0.3) is 0 Å². The zero-order chi connectivity index (χ0) is 15.2. The molecule has 2 aromatic heterocycles. The van der Waals surface area contributed by atoms with E-state index in [2.05, 4.69) is 15.5 Å². The summed E-state index contributed by atoms with van der Waals surface area (Å²) in [6.07, 6.45) is 5.57. The minimum atomic E-state index is -0.513. The Bertz CT molecular complexity index is 619. The van der Waals surface area contributed by atoms with Crippen LogP contribution in [0.3, 0.4) is 0 Å². The van der Waals surface area contributed by atoms with Gasteiger partial charge < -0.3 is 5.32 Å². The molecule has 2 aromatic rings. The highest BCUT2D eigenvalue weighted by Gasteiger charge is 2.16. The van der Waals surface area contributed by atoms with Gasteiger partial charge in [0, 0.05) is 25.5 Å². The van der Waals surface area contributed by atoms with Crippen molar-refractivity contribution in [2.75, 3.05) is 6.54 Å². The minimum Gasteiger partial charge on any atom is -0.354 e. The molecule has 9 nitrogen and oxygen atoms in total. The molecule has 0 fully saturated rings. The van der Waals surface area contributed by atoms with Gasteiger partial charge in [0.05, 0.1) is 4.92 Å². The molecule has 21 heavy (non-hydrogen) atoms. The Morgan fingerprint density at radius 3 is 2.90 bits per heavy atom. The Kier molecular flexibility index (Phi) is 4.64. The third kappa shape index (κ3) is 4.13. The summed E-state index contributed by atoms with van der Waals surface area (Å²) in [5.74, 6) is -0.229. The normalized spacial score (nSPS) is 10.5. The van der Waals surface area contributed by atoms with Crippen LogP contribution in [0.4, 0.5) is 5.69 Å². The molecule has 0 aliphatic heterocycles. The van der Waals surface area contributed by atoms with E-state index >= 15 is 0 Å². The third-order valence-corrected chi connectivity index (χ3v) is 2.87. The number of aryl methyl sites for hydroxylation is 2. The largest absolute Gasteiger partial charge is 0.354 e. The highest BCUT2D eigenvalue weighted by Crippen LogP contribution is 2.14. The van der Waals surface area contributed by atoms with E-state index in [9.17, 15) is 14.9 Å². The molecule has 112 valence electrons. The van der Waals surface area contributed by atoms with Crippen LogP contribution in [0.1, 0.15) is 12.1 Å². The number of hydrogen-bond donors (Lipinski definition) is 1. The molecule has 9 heteroatoms. The van der Waals surface area contributed by atoms with Crippen molar-refractivity contribution in [2.45, 2.75) is 26.4 Å². The van der Waals surface area contributed by atoms with Crippen LogP contribution in [0.5, 0.6) is 0 Å². The van der Waals surface area contributed by atoms with Gasteiger partial charge in [0.2, 0.25) is 5.91 Å². The van der Waals surface area contributed by atoms with E-state index in [1.165, 1.54) is 17.8 Å². The maximum absolute atomic E-state index is 11.7. The van der Waals surface area contributed by atoms with Crippen molar-refractivity contribution in [1.82, 2.24) is 24.9 Å². The Balaban J connectivity index is 1.74. The predicted molar refractivity (Wildman–Crippen MR) is 73.5 cm³/mol. The zero-order valence-corrected chi connectivity index (χ0v) is 11.6. The van der Waals surface area contributed by atoms with Gasteiger partial charge in [-0.15, -0.1) is 0 Å². The van der Waals surface area contributed by atoms with Gasteiger partial charge in [-0.2, -0.15) is 10.2 Å². The quantitative estimate of drug-likeness (QED) is 0.454. The van der Waals surface area contributed by atoms with Crippen molar-refractivity contribution < 1.29 is 9.72 Å². The van der Waals surface area contributed by atoms with Crippen molar-refractivity contribution in [2.24, 2.45) is 0 Å². The maximum Gasteiger partial charge on any atom is 0.309 e. The van der Waals surface area contributed by atoms with Crippen molar-refractivity contribution in [3.05, 3.63) is 40.5 Å². The maximum atomic E-state index is 11.7. The standard InChI is InChI=1S/C12H16N6O3/c1-10-11(18(20)21)8-17(15-10)9-12(19)13-4-2-6-16-7-3-5-14-16/h3,5,7-8H,2,4,6,9H2,1H3,(H,13,19). The third-order valence-electron chi connectivity index (χ3n) is 2.87. The Labute approximate surface area is 120 Å². The van der Waals surface area contributed by atoms with Gasteiger partial charge >= 0.3 is 5.69 Å². The highest BCUT2D eigenvalue weighted by molar-refractivity contribution is 5.75. The number of rotatable bonds is 7. The molecular weight excluding hydrogens is 276 g/mol. The molecule has 1 N–H and O–H groups in total. The molecule has 0 aliphatic carbocycles. The lowest BCUT2D eigenvalue weighted by Crippen LogP contribution is -2.29. The molecule has 0 atom stereocenters. The summed E-state index contributed by atoms with van der Waals surface area (Å²) in [6.45, 7) is 2.74. The smallest absolute Gasteiger partial charge is 0.309 e. The van der Waals surface area contributed by atoms with Crippen LogP contribution in [0.2, 0.25) is 0 Å². The SMILES string of the molecule is Cc1nn(CC(=O)NCCCn2cccn2)cc1[N+](=O)[O-]. The zero-order valence-electron chi connectivity index (χ0n) is 11.6. The molecule has 0 radical (unpaired) electrons. The first-order valence-corrected chi connectivity index (χ1v) is 6.49. The molecule has 0 saturated heterocycles. The number of amides is 1. The van der Waals surface area contributed by atoms with Gasteiger partial charge in [-0.3, -0.25) is 24.3 Å². The van der Waals surface area contributed by atoms with Crippen molar-refractivity contribution in [3.8, 4) is 0 Å². The number of aromatic nitrogens is 4. The lowest BCUT2D eigenvalue weighted by atomic mass is 10.4. The van der Waals surface area contributed by atoms with Gasteiger partial charge in [0.15, 0.2) is 0 Å². The summed E-state index contributed by atoms with van der Waals surface area (Å²) in [6, 6.07) is 1.84. The molecule has 0 aliphatic rings. The van der Waals surface area contributed by atoms with E-state index in [4.69, 9.17) is 0 Å². The Morgan fingerprint density at radius 2 is 2.29 bits per heavy atom. The van der Waals surface area contributed by atoms with Gasteiger partial charge in [0.1, 0.15) is 18.4 Å². The molecule has 0 unspecified atom stereocenters. The molecule has 1 amide bonds. The van der Waals surface area contributed by atoms with Crippen LogP contribution >= 0.6 is 0 Å². The number of nitrogens with one attached hydrogen (secondary N) is 1. The predicted octanol–water partition coefficient (Wildman–Crippen LogP) is 0.503. The molecule has 0 spiro atoms. The monoisotopic (exact) mass is 292 g/mol. The summed E-state index contributed by atoms with van der Waals surface area (Å²) >= 11 is 0. The number of nitrogens with zero attached hydrogens (tertiary/aromatic N) is 5. The lowest BCUT2D eigenvalue weighted by molar-refractivity contribution is -0.385. The molecule has 2 heterocycles. The van der Waals surface area contributed by atoms with E-state index in [0.29, 0.717) is 12.2 Å². The van der Waals surface area contributed by atoms with E-state index in [1.807, 2.05) is 12.3 Å². The number of carbonyl (C=O) groups is 1. The van der Waals surface area contributed by atoms with Gasteiger partial charge in [0.25, 0.3) is 0 Å². The van der Waals surface area contributed by atoms with Crippen LogP contribution in [0, 0.1) is 17.0 Å². The van der Waals surface area contributed by atoms with Crippen molar-refractivity contribution >= 4 is 11.6 Å². The van der Waals surface area contributed by atoms with E-state index in [1.54, 1.807) is 10.9 Å². The summed E-state index contributed by atoms with van der Waals surface area (Å²) in [7, 11) is 0. The van der Waals surface area contributed by atoms with Crippen LogP contribution in [0.15, 0.2) is 24.7 Å². The fraction of sp³-hybridized carbons (Fsp3) is 0.417. The summed E-state index contributed by atoms with van der Waals surface area (Å²) in [5.41, 5.74) is 0.216. The molecular formula is C12H16N6O3. The Morgan fingerprint density at radius 1 is 1.48 bits per heavy atom. The fourth-order valence-electron chi connectivity index (χ4n) is 1.87. The van der Waals surface area contributed by atoms with Gasteiger partial charge in [-0.1, -0.05) is 0 Å². The van der Waals surface area contributed by atoms with Crippen LogP contribution in [-0.2, 0) is 17.9 Å². The average molecular weight is 292 g/mol. The second-order valence-electron chi connectivity index (χ2n) is 4.53. The van der Waals surface area contributed by atoms with E-state index in [-0.39, 0.29) is 18.1 Å². The lowest BCUT2D eigenvalue weighted by Gasteiger charge is -2.05. The minimum absolute atomic E-state index is 0.0313. The second-order valence-corrected chi connectivity index (χ2v) is 4.53. The van der Waals surface area contributed by atoms with E-state index in [0.717, 1.165) is 13.0 Å². The van der Waals surface area contributed by atoms with Gasteiger partial charge in [-0.05, 0) is 19.4 Å². The Hall–Kier alpha value is -2.71. The fourth-order valence-corrected chi connectivity index (χ4v) is 1.87. The average Bonchev–Trinajstić information content (AvgIpc) is 3.04. The topological polar surface area (TPSA) is 108 Å². The first-order chi connectivity index (χ1) is 10.1. The second kappa shape index (κ2) is 6.64.